The van der Waals surface area contributed by atoms with Gasteiger partial charge in [-0.3, -0.25) is 4.57 Å². The topological polar surface area (TPSA) is 77.1 Å². The zero-order valence-electron chi connectivity index (χ0n) is 31.3. The molecule has 1 unspecified atom stereocenters. The van der Waals surface area contributed by atoms with E-state index in [1.807, 2.05) is 0 Å². The van der Waals surface area contributed by atoms with Crippen molar-refractivity contribution >= 4 is 23.8 Å². The number of halogens is 1. The average molecular weight is 755 g/mol. The molecule has 0 aliphatic rings. The first-order chi connectivity index (χ1) is 23.1. The van der Waals surface area contributed by atoms with Crippen molar-refractivity contribution in [2.75, 3.05) is 38.4 Å². The third-order valence-corrected chi connectivity index (χ3v) is 10.3. The zero-order valence-corrected chi connectivity index (χ0v) is 33.8. The summed E-state index contributed by atoms with van der Waals surface area (Å²) in [7, 11) is -4.33. The number of hydrogen-bond acceptors (Lipinski definition) is 6. The minimum absolute atomic E-state index is 0.0567. The third kappa shape index (κ3) is 39.2. The average Bonchev–Trinajstić information content (AvgIpc) is 3.07. The number of phosphoric ester groups is 1. The fourth-order valence-corrected chi connectivity index (χ4v) is 7.17. The molecule has 6 nitrogen and oxygen atoms in total. The summed E-state index contributed by atoms with van der Waals surface area (Å²) in [5.74, 6) is 0. The Labute approximate surface area is 301 Å². The van der Waals surface area contributed by atoms with Crippen molar-refractivity contribution in [1.82, 2.24) is 0 Å². The highest BCUT2D eigenvalue weighted by Gasteiger charge is 2.16. The van der Waals surface area contributed by atoms with E-state index in [1.165, 1.54) is 173 Å². The molecule has 0 heterocycles. The number of rotatable bonds is 41. The van der Waals surface area contributed by atoms with Crippen LogP contribution in [0.5, 0.6) is 0 Å². The van der Waals surface area contributed by atoms with Gasteiger partial charge in [-0.2, -0.15) is 0 Å². The first-order valence-corrected chi connectivity index (χ1v) is 23.0. The van der Waals surface area contributed by atoms with Crippen molar-refractivity contribution in [3.63, 3.8) is 0 Å². The second-order valence-corrected chi connectivity index (χ2v) is 15.9. The van der Waals surface area contributed by atoms with Crippen LogP contribution in [0.2, 0.25) is 0 Å². The third-order valence-electron chi connectivity index (χ3n) is 9.04. The van der Waals surface area contributed by atoms with Crippen LogP contribution in [-0.4, -0.2) is 44.5 Å². The molecular weight excluding hydrogens is 675 g/mol. The van der Waals surface area contributed by atoms with Gasteiger partial charge in [-0.1, -0.05) is 210 Å². The van der Waals surface area contributed by atoms with Gasteiger partial charge in [-0.05, 0) is 12.8 Å². The van der Waals surface area contributed by atoms with Gasteiger partial charge in [-0.15, -0.1) is 0 Å². The molecule has 0 aromatic carbocycles. The van der Waals surface area contributed by atoms with Crippen molar-refractivity contribution in [2.45, 2.75) is 213 Å². The largest absolute Gasteiger partial charge is 0.756 e. The van der Waals surface area contributed by atoms with E-state index in [9.17, 15) is 9.46 Å². The molecule has 0 fully saturated rings. The molecule has 0 aromatic heterocycles. The van der Waals surface area contributed by atoms with Crippen molar-refractivity contribution in [3.8, 4) is 0 Å². The molecule has 8 heteroatoms. The summed E-state index contributed by atoms with van der Waals surface area (Å²) >= 11 is 3.18. The van der Waals surface area contributed by atoms with Gasteiger partial charge in [0.15, 0.2) is 0 Å². The van der Waals surface area contributed by atoms with Crippen LogP contribution >= 0.6 is 23.8 Å². The van der Waals surface area contributed by atoms with Crippen LogP contribution in [0.25, 0.3) is 0 Å². The van der Waals surface area contributed by atoms with E-state index < -0.39 is 13.9 Å². The SMILES string of the molecule is CCCCCCCCCCCCCCCCCCOC[C@H](COP(=O)([O-])OCCBr)OCCCCCCCCCCCCCCCC. The lowest BCUT2D eigenvalue weighted by Gasteiger charge is -2.25. The summed E-state index contributed by atoms with van der Waals surface area (Å²) in [6.45, 7) is 6.16. The van der Waals surface area contributed by atoms with Crippen LogP contribution in [0.1, 0.15) is 206 Å². The Kier molecular flexibility index (Phi) is 39.7. The number of alkyl halides is 1. The lowest BCUT2D eigenvalue weighted by Crippen LogP contribution is -2.27. The van der Waals surface area contributed by atoms with Crippen LogP contribution in [0, 0.1) is 0 Å². The standard InChI is InChI=1S/C39H80BrO6P/c1-3-5-7-9-11-13-15-17-19-20-21-23-25-27-29-31-34-43-37-39(38-46-47(41,42)45-36-33-40)44-35-32-30-28-26-24-22-18-16-14-12-10-8-6-4-2/h39H,3-38H2,1-2H3,(H,41,42)/p-1/t39-/m1/s1. The number of ether oxygens (including phenoxy) is 2. The molecule has 0 spiro atoms. The lowest BCUT2D eigenvalue weighted by molar-refractivity contribution is -0.227. The Morgan fingerprint density at radius 3 is 1.17 bits per heavy atom. The minimum Gasteiger partial charge on any atom is -0.756 e. The van der Waals surface area contributed by atoms with Crippen molar-refractivity contribution in [2.24, 2.45) is 0 Å². The van der Waals surface area contributed by atoms with Gasteiger partial charge >= 0.3 is 0 Å². The number of unbranched alkanes of at least 4 members (excludes halogenated alkanes) is 28. The number of phosphoric acid groups is 1. The van der Waals surface area contributed by atoms with Crippen molar-refractivity contribution in [1.29, 1.82) is 0 Å². The molecule has 0 aliphatic carbocycles. The van der Waals surface area contributed by atoms with Crippen LogP contribution in [0.3, 0.4) is 0 Å². The minimum atomic E-state index is -4.33. The second kappa shape index (κ2) is 39.3. The van der Waals surface area contributed by atoms with Crippen LogP contribution < -0.4 is 4.89 Å². The number of hydrogen-bond donors (Lipinski definition) is 0. The van der Waals surface area contributed by atoms with Gasteiger partial charge < -0.3 is 23.4 Å². The Morgan fingerprint density at radius 1 is 0.468 bits per heavy atom. The highest BCUT2D eigenvalue weighted by atomic mass is 79.9. The molecule has 0 saturated heterocycles. The van der Waals surface area contributed by atoms with Gasteiger partial charge in [0.05, 0.1) is 19.8 Å². The predicted molar refractivity (Wildman–Crippen MR) is 204 cm³/mol. The molecule has 47 heavy (non-hydrogen) atoms. The summed E-state index contributed by atoms with van der Waals surface area (Å²) in [4.78, 5) is 12.0. The smallest absolute Gasteiger partial charge is 0.267 e. The molecule has 0 rings (SSSR count). The van der Waals surface area contributed by atoms with Gasteiger partial charge in [-0.25, -0.2) is 0 Å². The highest BCUT2D eigenvalue weighted by molar-refractivity contribution is 9.09. The molecule has 0 saturated carbocycles. The van der Waals surface area contributed by atoms with E-state index in [4.69, 9.17) is 18.5 Å². The molecule has 2 atom stereocenters. The molecular formula is C39H79BrO6P-. The quantitative estimate of drug-likeness (QED) is 0.0351. The van der Waals surface area contributed by atoms with Crippen LogP contribution in [0.4, 0.5) is 0 Å². The van der Waals surface area contributed by atoms with Crippen molar-refractivity contribution in [3.05, 3.63) is 0 Å². The molecule has 0 aliphatic heterocycles. The summed E-state index contributed by atoms with van der Waals surface area (Å²) < 4.78 is 33.9. The molecule has 284 valence electrons. The summed E-state index contributed by atoms with van der Waals surface area (Å²) in [5, 5.41) is 0.435. The Hall–Kier alpha value is 0.510. The van der Waals surface area contributed by atoms with E-state index in [-0.39, 0.29) is 13.2 Å². The maximum Gasteiger partial charge on any atom is 0.267 e. The molecule has 0 aromatic rings. The first-order valence-electron chi connectivity index (χ1n) is 20.4. The molecule has 0 N–H and O–H groups in total. The predicted octanol–water partition coefficient (Wildman–Crippen LogP) is 13.0. The highest BCUT2D eigenvalue weighted by Crippen LogP contribution is 2.38. The second-order valence-electron chi connectivity index (χ2n) is 13.7. The maximum atomic E-state index is 12.0. The van der Waals surface area contributed by atoms with Crippen molar-refractivity contribution < 1.29 is 28.0 Å². The zero-order chi connectivity index (χ0) is 34.4. The lowest BCUT2D eigenvalue weighted by atomic mass is 10.0. The van der Waals surface area contributed by atoms with E-state index in [0.717, 1.165) is 19.3 Å². The van der Waals surface area contributed by atoms with Crippen LogP contribution in [0.15, 0.2) is 0 Å². The van der Waals surface area contributed by atoms with E-state index in [0.29, 0.717) is 25.2 Å². The van der Waals surface area contributed by atoms with Gasteiger partial charge in [0.2, 0.25) is 0 Å². The fraction of sp³-hybridized carbons (Fsp3) is 1.00. The normalized spacial score (nSPS) is 13.7. The Bertz CT molecular complexity index is 641. The summed E-state index contributed by atoms with van der Waals surface area (Å²) in [6, 6.07) is 0. The Morgan fingerprint density at radius 2 is 0.809 bits per heavy atom. The van der Waals surface area contributed by atoms with Crippen LogP contribution in [-0.2, 0) is 23.1 Å². The summed E-state index contributed by atoms with van der Waals surface area (Å²) in [6.07, 6.45) is 39.6. The Balaban J connectivity index is 3.86. The molecule has 0 bridgehead atoms. The fourth-order valence-electron chi connectivity index (χ4n) is 6.02. The van der Waals surface area contributed by atoms with Gasteiger partial charge in [0, 0.05) is 18.5 Å². The van der Waals surface area contributed by atoms with Gasteiger partial charge in [0.1, 0.15) is 6.10 Å². The first kappa shape index (κ1) is 47.5. The van der Waals surface area contributed by atoms with E-state index in [1.54, 1.807) is 0 Å². The van der Waals surface area contributed by atoms with Gasteiger partial charge in [0.25, 0.3) is 7.82 Å². The van der Waals surface area contributed by atoms with E-state index in [2.05, 4.69) is 29.8 Å². The monoisotopic (exact) mass is 753 g/mol. The molecule has 0 amide bonds. The maximum absolute atomic E-state index is 12.0. The molecule has 0 radical (unpaired) electrons. The van der Waals surface area contributed by atoms with E-state index >= 15 is 0 Å². The summed E-state index contributed by atoms with van der Waals surface area (Å²) in [5.41, 5.74) is 0.